The second kappa shape index (κ2) is 4.38. The highest BCUT2D eigenvalue weighted by atomic mass is 19.1. The number of Topliss-reactive ketones (excluding diaryl/α,β-unsaturated/α-hetero) is 1. The minimum absolute atomic E-state index is 0.0702. The van der Waals surface area contributed by atoms with Crippen molar-refractivity contribution in [2.45, 2.75) is 19.3 Å². The molecule has 2 N–H and O–H groups in total. The molecule has 0 radical (unpaired) electrons. The fourth-order valence-electron chi connectivity index (χ4n) is 0.492. The molecule has 11 heavy (non-hydrogen) atoms. The third-order valence-electron chi connectivity index (χ3n) is 1.06. The van der Waals surface area contributed by atoms with Crippen molar-refractivity contribution < 1.29 is 24.1 Å². The molecular weight excluding hydrogens is 155 g/mol. The fraction of sp³-hybridized carbons (Fsp3) is 0.833. The number of carbonyl (C=O) groups is 1. The van der Waals surface area contributed by atoms with Crippen LogP contribution < -0.4 is 0 Å². The molecule has 0 fully saturated rings. The Bertz CT molecular complexity index is 135. The number of halogens is 1. The zero-order valence-corrected chi connectivity index (χ0v) is 6.21. The van der Waals surface area contributed by atoms with Crippen LogP contribution in [-0.4, -0.2) is 35.3 Å². The predicted molar refractivity (Wildman–Crippen MR) is 34.4 cm³/mol. The van der Waals surface area contributed by atoms with Gasteiger partial charge in [0.1, 0.15) is 6.67 Å². The second-order valence-electron chi connectivity index (χ2n) is 1.92. The van der Waals surface area contributed by atoms with Gasteiger partial charge >= 0.3 is 5.97 Å². The molecule has 0 spiro atoms. The highest BCUT2D eigenvalue weighted by Gasteiger charge is 2.32. The molecule has 4 nitrogen and oxygen atoms in total. The summed E-state index contributed by atoms with van der Waals surface area (Å²) in [5.74, 6) is -3.70. The molecule has 0 aromatic heterocycles. The SMILES string of the molecule is CCC(=O)C(O)(O)OCCF. The van der Waals surface area contributed by atoms with Crippen molar-refractivity contribution in [3.8, 4) is 0 Å². The Morgan fingerprint density at radius 3 is 2.55 bits per heavy atom. The van der Waals surface area contributed by atoms with Crippen LogP contribution in [0.2, 0.25) is 0 Å². The topological polar surface area (TPSA) is 66.8 Å². The van der Waals surface area contributed by atoms with Gasteiger partial charge in [-0.2, -0.15) is 0 Å². The fourth-order valence-corrected chi connectivity index (χ4v) is 0.492. The van der Waals surface area contributed by atoms with Crippen LogP contribution in [0, 0.1) is 0 Å². The van der Waals surface area contributed by atoms with Gasteiger partial charge in [0.15, 0.2) is 0 Å². The first-order valence-electron chi connectivity index (χ1n) is 3.22. The lowest BCUT2D eigenvalue weighted by Gasteiger charge is -2.18. The van der Waals surface area contributed by atoms with Gasteiger partial charge in [-0.15, -0.1) is 0 Å². The molecule has 5 heteroatoms. The normalized spacial score (nSPS) is 11.6. The van der Waals surface area contributed by atoms with Gasteiger partial charge in [-0.05, 0) is 0 Å². The number of carbonyl (C=O) groups excluding carboxylic acids is 1. The third kappa shape index (κ3) is 3.41. The van der Waals surface area contributed by atoms with Crippen LogP contribution in [0.4, 0.5) is 4.39 Å². The van der Waals surface area contributed by atoms with E-state index in [0.717, 1.165) is 0 Å². The number of rotatable bonds is 5. The van der Waals surface area contributed by atoms with Crippen LogP contribution >= 0.6 is 0 Å². The lowest BCUT2D eigenvalue weighted by atomic mass is 10.3. The van der Waals surface area contributed by atoms with Crippen molar-refractivity contribution >= 4 is 5.78 Å². The van der Waals surface area contributed by atoms with Crippen molar-refractivity contribution in [3.63, 3.8) is 0 Å². The van der Waals surface area contributed by atoms with E-state index in [1.165, 1.54) is 6.92 Å². The Hall–Kier alpha value is -0.520. The molecule has 0 aromatic carbocycles. The number of hydrogen-bond donors (Lipinski definition) is 2. The summed E-state index contributed by atoms with van der Waals surface area (Å²) in [6.45, 7) is 0.0843. The molecule has 0 aromatic rings. The van der Waals surface area contributed by atoms with E-state index in [4.69, 9.17) is 10.2 Å². The van der Waals surface area contributed by atoms with E-state index < -0.39 is 25.0 Å². The van der Waals surface area contributed by atoms with Gasteiger partial charge in [0.25, 0.3) is 0 Å². The van der Waals surface area contributed by atoms with Crippen molar-refractivity contribution in [2.75, 3.05) is 13.3 Å². The average Bonchev–Trinajstić information content (AvgIpc) is 1.99. The van der Waals surface area contributed by atoms with Crippen LogP contribution in [0.5, 0.6) is 0 Å². The van der Waals surface area contributed by atoms with E-state index in [9.17, 15) is 9.18 Å². The Morgan fingerprint density at radius 2 is 2.18 bits per heavy atom. The predicted octanol–water partition coefficient (Wildman–Crippen LogP) is -0.410. The summed E-state index contributed by atoms with van der Waals surface area (Å²) in [5.41, 5.74) is 0. The average molecular weight is 166 g/mol. The number of alkyl halides is 1. The summed E-state index contributed by atoms with van der Waals surface area (Å²) in [4.78, 5) is 10.6. The summed E-state index contributed by atoms with van der Waals surface area (Å²) in [6.07, 6.45) is -0.0702. The lowest BCUT2D eigenvalue weighted by molar-refractivity contribution is -0.311. The molecule has 0 aliphatic heterocycles. The van der Waals surface area contributed by atoms with Crippen LogP contribution in [0.1, 0.15) is 13.3 Å². The first-order chi connectivity index (χ1) is 5.04. The Labute approximate surface area is 63.6 Å². The van der Waals surface area contributed by atoms with Crippen LogP contribution in [0.3, 0.4) is 0 Å². The van der Waals surface area contributed by atoms with Crippen molar-refractivity contribution in [1.82, 2.24) is 0 Å². The number of hydrogen-bond acceptors (Lipinski definition) is 4. The van der Waals surface area contributed by atoms with Gasteiger partial charge in [-0.25, -0.2) is 4.39 Å². The minimum Gasteiger partial charge on any atom is -0.337 e. The van der Waals surface area contributed by atoms with Crippen molar-refractivity contribution in [1.29, 1.82) is 0 Å². The zero-order valence-electron chi connectivity index (χ0n) is 6.21. The van der Waals surface area contributed by atoms with E-state index >= 15 is 0 Å². The quantitative estimate of drug-likeness (QED) is 0.545. The maximum Gasteiger partial charge on any atom is 0.341 e. The lowest BCUT2D eigenvalue weighted by Crippen LogP contribution is -2.41. The zero-order chi connectivity index (χ0) is 8.91. The van der Waals surface area contributed by atoms with Crippen LogP contribution in [0.15, 0.2) is 0 Å². The molecule has 0 saturated carbocycles. The minimum atomic E-state index is -2.82. The molecule has 0 aliphatic rings. The molecule has 0 atom stereocenters. The summed E-state index contributed by atoms with van der Waals surface area (Å²) < 4.78 is 15.6. The third-order valence-corrected chi connectivity index (χ3v) is 1.06. The van der Waals surface area contributed by atoms with Gasteiger partial charge in [0, 0.05) is 6.42 Å². The van der Waals surface area contributed by atoms with E-state index in [-0.39, 0.29) is 6.42 Å². The maximum atomic E-state index is 11.4. The van der Waals surface area contributed by atoms with Gasteiger partial charge in [0.2, 0.25) is 5.78 Å². The molecule has 66 valence electrons. The molecule has 0 aliphatic carbocycles. The Kier molecular flexibility index (Phi) is 4.17. The summed E-state index contributed by atoms with van der Waals surface area (Å²) in [7, 11) is 0. The van der Waals surface area contributed by atoms with Gasteiger partial charge in [-0.1, -0.05) is 6.92 Å². The number of ether oxygens (including phenoxy) is 1. The van der Waals surface area contributed by atoms with E-state index in [2.05, 4.69) is 4.74 Å². The molecule has 0 amide bonds. The number of ketones is 1. The molecule has 0 bridgehead atoms. The summed E-state index contributed by atoms with van der Waals surface area (Å²) >= 11 is 0. The molecule has 0 heterocycles. The van der Waals surface area contributed by atoms with E-state index in [1.807, 2.05) is 0 Å². The van der Waals surface area contributed by atoms with Gasteiger partial charge in [0.05, 0.1) is 6.61 Å². The smallest absolute Gasteiger partial charge is 0.337 e. The first kappa shape index (κ1) is 10.5. The summed E-state index contributed by atoms with van der Waals surface area (Å²) in [5, 5.41) is 17.5. The number of aliphatic hydroxyl groups is 2. The van der Waals surface area contributed by atoms with E-state index in [0.29, 0.717) is 0 Å². The monoisotopic (exact) mass is 166 g/mol. The molecule has 0 unspecified atom stereocenters. The highest BCUT2D eigenvalue weighted by molar-refractivity contribution is 5.83. The Morgan fingerprint density at radius 1 is 1.64 bits per heavy atom. The van der Waals surface area contributed by atoms with Gasteiger partial charge < -0.3 is 14.9 Å². The van der Waals surface area contributed by atoms with E-state index in [1.54, 1.807) is 0 Å². The molecule has 0 rings (SSSR count). The largest absolute Gasteiger partial charge is 0.341 e. The maximum absolute atomic E-state index is 11.4. The van der Waals surface area contributed by atoms with Crippen molar-refractivity contribution in [2.24, 2.45) is 0 Å². The standard InChI is InChI=1S/C6H11FO4/c1-2-5(8)6(9,10)11-4-3-7/h9-10H,2-4H2,1H3. The first-order valence-corrected chi connectivity index (χ1v) is 3.22. The molecule has 0 saturated heterocycles. The Balaban J connectivity index is 3.88. The second-order valence-corrected chi connectivity index (χ2v) is 1.92. The van der Waals surface area contributed by atoms with Gasteiger partial charge in [-0.3, -0.25) is 4.79 Å². The van der Waals surface area contributed by atoms with Crippen molar-refractivity contribution in [3.05, 3.63) is 0 Å². The molecular formula is C6H11FO4. The summed E-state index contributed by atoms with van der Waals surface area (Å²) in [6, 6.07) is 0. The van der Waals surface area contributed by atoms with Crippen LogP contribution in [-0.2, 0) is 9.53 Å². The highest BCUT2D eigenvalue weighted by Crippen LogP contribution is 2.05. The van der Waals surface area contributed by atoms with Crippen LogP contribution in [0.25, 0.3) is 0 Å².